The van der Waals surface area contributed by atoms with E-state index in [1.807, 2.05) is 6.07 Å². The van der Waals surface area contributed by atoms with Gasteiger partial charge >= 0.3 is 0 Å². The molecule has 6 nitrogen and oxygen atoms in total. The molecule has 0 bridgehead atoms. The van der Waals surface area contributed by atoms with Crippen molar-refractivity contribution in [3.05, 3.63) is 23.9 Å². The van der Waals surface area contributed by atoms with Gasteiger partial charge in [-0.2, -0.15) is 5.26 Å². The Hall–Kier alpha value is -1.65. The Bertz CT molecular complexity index is 638. The number of anilines is 1. The first-order chi connectivity index (χ1) is 8.43. The fourth-order valence-corrected chi connectivity index (χ4v) is 2.79. The highest BCUT2D eigenvalue weighted by Gasteiger charge is 2.39. The van der Waals surface area contributed by atoms with Gasteiger partial charge in [0.15, 0.2) is 5.82 Å². The molecule has 2 rings (SSSR count). The predicted molar refractivity (Wildman–Crippen MR) is 64.5 cm³/mol. The molecule has 0 radical (unpaired) electrons. The Balaban J connectivity index is 2.37. The van der Waals surface area contributed by atoms with Crippen LogP contribution in [-0.4, -0.2) is 31.1 Å². The van der Waals surface area contributed by atoms with Gasteiger partial charge in [0.25, 0.3) is 0 Å². The average molecular weight is 286 g/mol. The van der Waals surface area contributed by atoms with E-state index in [4.69, 9.17) is 15.9 Å². The van der Waals surface area contributed by atoms with Crippen LogP contribution in [0, 0.1) is 11.3 Å². The molecule has 0 aromatic carbocycles. The summed E-state index contributed by atoms with van der Waals surface area (Å²) >= 11 is 0. The van der Waals surface area contributed by atoms with Gasteiger partial charge < -0.3 is 0 Å². The van der Waals surface area contributed by atoms with Gasteiger partial charge in [0, 0.05) is 29.8 Å². The highest BCUT2D eigenvalue weighted by atomic mass is 35.7. The van der Waals surface area contributed by atoms with Crippen LogP contribution in [0.5, 0.6) is 0 Å². The largest absolute Gasteiger partial charge is 0.294 e. The maximum absolute atomic E-state index is 11.8. The molecule has 1 saturated heterocycles. The van der Waals surface area contributed by atoms with E-state index >= 15 is 0 Å². The number of halogens is 1. The van der Waals surface area contributed by atoms with Crippen LogP contribution in [0.4, 0.5) is 5.82 Å². The van der Waals surface area contributed by atoms with Crippen LogP contribution < -0.4 is 4.90 Å². The van der Waals surface area contributed by atoms with E-state index in [2.05, 4.69) is 4.98 Å². The highest BCUT2D eigenvalue weighted by Crippen LogP contribution is 2.27. The summed E-state index contributed by atoms with van der Waals surface area (Å²) in [5.41, 5.74) is 0.221. The van der Waals surface area contributed by atoms with E-state index in [0.717, 1.165) is 0 Å². The van der Waals surface area contributed by atoms with Crippen molar-refractivity contribution in [2.45, 2.75) is 11.7 Å². The number of nitriles is 1. The van der Waals surface area contributed by atoms with Gasteiger partial charge in [-0.3, -0.25) is 9.69 Å². The normalized spacial score (nSPS) is 19.9. The zero-order valence-electron chi connectivity index (χ0n) is 9.08. The Labute approximate surface area is 108 Å². The lowest BCUT2D eigenvalue weighted by Crippen LogP contribution is -2.28. The van der Waals surface area contributed by atoms with Crippen LogP contribution in [-0.2, 0) is 13.8 Å². The van der Waals surface area contributed by atoms with Crippen molar-refractivity contribution in [2.24, 2.45) is 0 Å². The van der Waals surface area contributed by atoms with Crippen molar-refractivity contribution in [3.8, 4) is 6.07 Å². The van der Waals surface area contributed by atoms with Crippen molar-refractivity contribution >= 4 is 31.5 Å². The topological polar surface area (TPSA) is 91.1 Å². The minimum Gasteiger partial charge on any atom is -0.294 e. The molecule has 1 amide bonds. The predicted octanol–water partition coefficient (Wildman–Crippen LogP) is 0.627. The van der Waals surface area contributed by atoms with E-state index in [-0.39, 0.29) is 24.3 Å². The van der Waals surface area contributed by atoms with Crippen molar-refractivity contribution in [3.63, 3.8) is 0 Å². The van der Waals surface area contributed by atoms with E-state index < -0.39 is 20.2 Å². The van der Waals surface area contributed by atoms with Crippen LogP contribution in [0.3, 0.4) is 0 Å². The summed E-state index contributed by atoms with van der Waals surface area (Å²) in [6.07, 6.45) is 1.25. The molecule has 1 aromatic heterocycles. The van der Waals surface area contributed by atoms with Gasteiger partial charge in [-0.1, -0.05) is 0 Å². The summed E-state index contributed by atoms with van der Waals surface area (Å²) in [6, 6.07) is 4.99. The third-order valence-electron chi connectivity index (χ3n) is 2.65. The number of hydrogen-bond acceptors (Lipinski definition) is 5. The molecule has 1 aliphatic heterocycles. The Morgan fingerprint density at radius 1 is 1.56 bits per heavy atom. The monoisotopic (exact) mass is 285 g/mol. The summed E-state index contributed by atoms with van der Waals surface area (Å²) in [5, 5.41) is 7.96. The van der Waals surface area contributed by atoms with E-state index in [1.165, 1.54) is 17.2 Å². The molecule has 0 saturated carbocycles. The van der Waals surface area contributed by atoms with Gasteiger partial charge in [-0.25, -0.2) is 13.4 Å². The van der Waals surface area contributed by atoms with Gasteiger partial charge in [-0.15, -0.1) is 0 Å². The minimum absolute atomic E-state index is 0.0731. The van der Waals surface area contributed by atoms with Crippen molar-refractivity contribution in [1.82, 2.24) is 4.98 Å². The first-order valence-corrected chi connectivity index (χ1v) is 7.39. The average Bonchev–Trinajstić information content (AvgIpc) is 2.71. The SMILES string of the molecule is N#Cc1cccnc1N1CC(S(=O)(=O)Cl)CC1=O. The zero-order valence-corrected chi connectivity index (χ0v) is 10.6. The van der Waals surface area contributed by atoms with Gasteiger partial charge in [0.2, 0.25) is 15.0 Å². The van der Waals surface area contributed by atoms with Gasteiger partial charge in [0.1, 0.15) is 11.3 Å². The molecule has 2 heterocycles. The second kappa shape index (κ2) is 4.55. The minimum atomic E-state index is -3.80. The number of pyridine rings is 1. The molecule has 1 aliphatic rings. The maximum atomic E-state index is 11.8. The lowest BCUT2D eigenvalue weighted by atomic mass is 10.2. The van der Waals surface area contributed by atoms with Gasteiger partial charge in [-0.05, 0) is 12.1 Å². The molecular formula is C10H8ClN3O3S. The molecule has 1 atom stereocenters. The maximum Gasteiger partial charge on any atom is 0.237 e. The molecule has 1 fully saturated rings. The molecule has 0 aliphatic carbocycles. The summed E-state index contributed by atoms with van der Waals surface area (Å²) in [4.78, 5) is 16.9. The Kier molecular flexibility index (Phi) is 3.24. The van der Waals surface area contributed by atoms with Crippen molar-refractivity contribution < 1.29 is 13.2 Å². The Morgan fingerprint density at radius 3 is 2.83 bits per heavy atom. The number of aromatic nitrogens is 1. The number of hydrogen-bond donors (Lipinski definition) is 0. The zero-order chi connectivity index (χ0) is 13.3. The van der Waals surface area contributed by atoms with Crippen LogP contribution in [0.2, 0.25) is 0 Å². The summed E-state index contributed by atoms with van der Waals surface area (Å²) in [6.45, 7) is -0.0731. The van der Waals surface area contributed by atoms with Crippen LogP contribution in [0.25, 0.3) is 0 Å². The summed E-state index contributed by atoms with van der Waals surface area (Å²) < 4.78 is 22.4. The van der Waals surface area contributed by atoms with Gasteiger partial charge in [0.05, 0.1) is 5.56 Å². The Morgan fingerprint density at radius 2 is 2.28 bits per heavy atom. The molecule has 1 aromatic rings. The number of amides is 1. The molecule has 0 N–H and O–H groups in total. The quantitative estimate of drug-likeness (QED) is 0.743. The van der Waals surface area contributed by atoms with E-state index in [0.29, 0.717) is 0 Å². The number of nitrogens with zero attached hydrogens (tertiary/aromatic N) is 3. The fourth-order valence-electron chi connectivity index (χ4n) is 1.77. The third kappa shape index (κ3) is 2.30. The number of rotatable bonds is 2. The van der Waals surface area contributed by atoms with E-state index in [1.54, 1.807) is 6.07 Å². The first kappa shape index (κ1) is 12.8. The van der Waals surface area contributed by atoms with Crippen LogP contribution in [0.15, 0.2) is 18.3 Å². The molecule has 8 heteroatoms. The number of carbonyl (C=O) groups is 1. The van der Waals surface area contributed by atoms with E-state index in [9.17, 15) is 13.2 Å². The molecule has 94 valence electrons. The van der Waals surface area contributed by atoms with Crippen LogP contribution >= 0.6 is 10.7 Å². The fraction of sp³-hybridized carbons (Fsp3) is 0.300. The molecule has 1 unspecified atom stereocenters. The second-order valence-electron chi connectivity index (χ2n) is 3.79. The number of carbonyl (C=O) groups excluding carboxylic acids is 1. The standard InChI is InChI=1S/C10H8ClN3O3S/c11-18(16,17)8-4-9(15)14(6-8)10-7(5-12)2-1-3-13-10/h1-3,8H,4,6H2. The third-order valence-corrected chi connectivity index (χ3v) is 4.52. The highest BCUT2D eigenvalue weighted by molar-refractivity contribution is 8.14. The molecular weight excluding hydrogens is 278 g/mol. The lowest BCUT2D eigenvalue weighted by Gasteiger charge is -2.15. The molecule has 0 spiro atoms. The smallest absolute Gasteiger partial charge is 0.237 e. The van der Waals surface area contributed by atoms with Crippen molar-refractivity contribution in [2.75, 3.05) is 11.4 Å². The molecule has 18 heavy (non-hydrogen) atoms. The summed E-state index contributed by atoms with van der Waals surface area (Å²) in [7, 11) is 1.44. The lowest BCUT2D eigenvalue weighted by molar-refractivity contribution is -0.117. The van der Waals surface area contributed by atoms with Crippen molar-refractivity contribution in [1.29, 1.82) is 5.26 Å². The summed E-state index contributed by atoms with van der Waals surface area (Å²) in [5.74, 6) is -0.229. The van der Waals surface area contributed by atoms with Crippen LogP contribution in [0.1, 0.15) is 12.0 Å². The second-order valence-corrected chi connectivity index (χ2v) is 6.70. The first-order valence-electron chi connectivity index (χ1n) is 5.02.